The topological polar surface area (TPSA) is 56.0 Å². The minimum atomic E-state index is -0.798. The molecule has 0 radical (unpaired) electrons. The first-order valence-electron chi connectivity index (χ1n) is 3.01. The Kier molecular flexibility index (Phi) is 2.69. The normalized spacial score (nSPS) is 9.83. The van der Waals surface area contributed by atoms with Crippen LogP contribution in [0.3, 0.4) is 0 Å². The van der Waals surface area contributed by atoms with Crippen LogP contribution >= 0.6 is 15.9 Å². The summed E-state index contributed by atoms with van der Waals surface area (Å²) in [5.74, 6) is -0.356. The SMILES string of the molecule is O=[N+]([O-])c1nc(CF)ccc1Br. The van der Waals surface area contributed by atoms with Gasteiger partial charge in [-0.2, -0.15) is 0 Å². The smallest absolute Gasteiger partial charge is 0.358 e. The molecule has 0 aliphatic carbocycles. The van der Waals surface area contributed by atoms with E-state index in [1.807, 2.05) is 0 Å². The Morgan fingerprint density at radius 3 is 2.83 bits per heavy atom. The molecule has 6 heteroatoms. The van der Waals surface area contributed by atoms with Gasteiger partial charge in [-0.3, -0.25) is 0 Å². The quantitative estimate of drug-likeness (QED) is 0.583. The molecule has 1 heterocycles. The van der Waals surface area contributed by atoms with Crippen molar-refractivity contribution >= 4 is 21.7 Å². The van der Waals surface area contributed by atoms with E-state index in [1.54, 1.807) is 0 Å². The second-order valence-corrected chi connectivity index (χ2v) is 2.85. The minimum absolute atomic E-state index is 0.0601. The third kappa shape index (κ3) is 1.76. The van der Waals surface area contributed by atoms with Gasteiger partial charge in [0.1, 0.15) is 4.47 Å². The molecule has 64 valence electrons. The standard InChI is InChI=1S/C6H4BrFN2O2/c7-5-2-1-4(3-8)9-6(5)10(11)12/h1-2H,3H2. The number of pyridine rings is 1. The summed E-state index contributed by atoms with van der Waals surface area (Å²) in [6.45, 7) is -0.798. The molecular weight excluding hydrogens is 231 g/mol. The molecule has 1 rings (SSSR count). The number of hydrogen-bond acceptors (Lipinski definition) is 3. The van der Waals surface area contributed by atoms with Crippen molar-refractivity contribution in [3.8, 4) is 0 Å². The highest BCUT2D eigenvalue weighted by molar-refractivity contribution is 9.10. The van der Waals surface area contributed by atoms with Crippen LogP contribution < -0.4 is 0 Å². The Morgan fingerprint density at radius 1 is 1.67 bits per heavy atom. The molecule has 1 aromatic heterocycles. The summed E-state index contributed by atoms with van der Waals surface area (Å²) in [5.41, 5.74) is 0.0601. The Balaban J connectivity index is 3.17. The maximum atomic E-state index is 12.0. The summed E-state index contributed by atoms with van der Waals surface area (Å²) >= 11 is 2.93. The molecule has 0 atom stereocenters. The molecule has 0 saturated carbocycles. The van der Waals surface area contributed by atoms with Gasteiger partial charge in [0.25, 0.3) is 0 Å². The van der Waals surface area contributed by atoms with Gasteiger partial charge in [-0.15, -0.1) is 0 Å². The van der Waals surface area contributed by atoms with E-state index in [9.17, 15) is 14.5 Å². The summed E-state index contributed by atoms with van der Waals surface area (Å²) < 4.78 is 12.3. The largest absolute Gasteiger partial charge is 0.378 e. The molecule has 0 spiro atoms. The molecule has 4 nitrogen and oxygen atoms in total. The average Bonchev–Trinajstić information content (AvgIpc) is 2.05. The molecule has 0 aliphatic rings. The van der Waals surface area contributed by atoms with Gasteiger partial charge in [0.2, 0.25) is 0 Å². The van der Waals surface area contributed by atoms with Crippen LogP contribution in [-0.4, -0.2) is 9.91 Å². The molecule has 0 bridgehead atoms. The summed E-state index contributed by atoms with van der Waals surface area (Å²) in [5, 5.41) is 10.3. The van der Waals surface area contributed by atoms with Crippen molar-refractivity contribution in [1.82, 2.24) is 4.98 Å². The lowest BCUT2D eigenvalue weighted by molar-refractivity contribution is -0.390. The Labute approximate surface area is 75.7 Å². The molecule has 0 fully saturated rings. The Morgan fingerprint density at radius 2 is 2.33 bits per heavy atom. The molecule has 0 N–H and O–H groups in total. The van der Waals surface area contributed by atoms with E-state index in [1.165, 1.54) is 12.1 Å². The monoisotopic (exact) mass is 234 g/mol. The average molecular weight is 235 g/mol. The van der Waals surface area contributed by atoms with Crippen LogP contribution in [0.2, 0.25) is 0 Å². The molecule has 0 amide bonds. The van der Waals surface area contributed by atoms with E-state index in [-0.39, 0.29) is 16.0 Å². The summed E-state index contributed by atoms with van der Waals surface area (Å²) in [6.07, 6.45) is 0. The lowest BCUT2D eigenvalue weighted by Crippen LogP contribution is -1.96. The summed E-state index contributed by atoms with van der Waals surface area (Å²) in [7, 11) is 0. The van der Waals surface area contributed by atoms with Crippen molar-refractivity contribution in [1.29, 1.82) is 0 Å². The zero-order chi connectivity index (χ0) is 9.14. The first-order chi connectivity index (χ1) is 5.65. The number of halogens is 2. The van der Waals surface area contributed by atoms with Gasteiger partial charge in [-0.05, 0) is 38.0 Å². The van der Waals surface area contributed by atoms with Crippen LogP contribution in [0.15, 0.2) is 16.6 Å². The van der Waals surface area contributed by atoms with Gasteiger partial charge >= 0.3 is 5.82 Å². The fraction of sp³-hybridized carbons (Fsp3) is 0.167. The number of rotatable bonds is 2. The molecule has 0 aliphatic heterocycles. The fourth-order valence-corrected chi connectivity index (χ4v) is 1.04. The van der Waals surface area contributed by atoms with Crippen molar-refractivity contribution in [2.24, 2.45) is 0 Å². The van der Waals surface area contributed by atoms with E-state index >= 15 is 0 Å². The molecular formula is C6H4BrFN2O2. The second kappa shape index (κ2) is 3.57. The highest BCUT2D eigenvalue weighted by atomic mass is 79.9. The van der Waals surface area contributed by atoms with E-state index in [4.69, 9.17) is 0 Å². The second-order valence-electron chi connectivity index (χ2n) is 2.00. The van der Waals surface area contributed by atoms with Crippen LogP contribution in [-0.2, 0) is 6.67 Å². The Bertz CT molecular complexity index is 318. The number of nitro groups is 1. The maximum absolute atomic E-state index is 12.0. The zero-order valence-electron chi connectivity index (χ0n) is 5.83. The summed E-state index contributed by atoms with van der Waals surface area (Å²) in [4.78, 5) is 13.1. The van der Waals surface area contributed by atoms with Crippen molar-refractivity contribution < 1.29 is 9.31 Å². The molecule has 0 saturated heterocycles. The molecule has 12 heavy (non-hydrogen) atoms. The third-order valence-corrected chi connectivity index (χ3v) is 1.81. The van der Waals surface area contributed by atoms with Crippen LogP contribution in [0.5, 0.6) is 0 Å². The van der Waals surface area contributed by atoms with Crippen molar-refractivity contribution in [3.63, 3.8) is 0 Å². The first-order valence-corrected chi connectivity index (χ1v) is 3.80. The van der Waals surface area contributed by atoms with Gasteiger partial charge in [0.05, 0.1) is 0 Å². The highest BCUT2D eigenvalue weighted by Gasteiger charge is 2.14. The van der Waals surface area contributed by atoms with Gasteiger partial charge in [0.15, 0.2) is 12.4 Å². The molecule has 0 unspecified atom stereocenters. The lowest BCUT2D eigenvalue weighted by atomic mass is 10.4. The lowest BCUT2D eigenvalue weighted by Gasteiger charge is -1.94. The van der Waals surface area contributed by atoms with E-state index in [0.717, 1.165) is 0 Å². The van der Waals surface area contributed by atoms with Gasteiger partial charge in [-0.1, -0.05) is 0 Å². The van der Waals surface area contributed by atoms with Crippen LogP contribution in [0.4, 0.5) is 10.2 Å². The highest BCUT2D eigenvalue weighted by Crippen LogP contribution is 2.22. The number of alkyl halides is 1. The molecule has 0 aromatic carbocycles. The third-order valence-electron chi connectivity index (χ3n) is 1.20. The predicted molar refractivity (Wildman–Crippen MR) is 43.4 cm³/mol. The first kappa shape index (κ1) is 9.05. The number of hydrogen-bond donors (Lipinski definition) is 0. The molecule has 1 aromatic rings. The minimum Gasteiger partial charge on any atom is -0.358 e. The van der Waals surface area contributed by atoms with Gasteiger partial charge in [0, 0.05) is 0 Å². The summed E-state index contributed by atoms with van der Waals surface area (Å²) in [6, 6.07) is 2.79. The van der Waals surface area contributed by atoms with Crippen molar-refractivity contribution in [2.45, 2.75) is 6.67 Å². The Hall–Kier alpha value is -1.04. The van der Waals surface area contributed by atoms with E-state index < -0.39 is 11.6 Å². The van der Waals surface area contributed by atoms with E-state index in [0.29, 0.717) is 0 Å². The fourth-order valence-electron chi connectivity index (χ4n) is 0.673. The van der Waals surface area contributed by atoms with Gasteiger partial charge in [-0.25, -0.2) is 4.39 Å². The number of nitrogens with zero attached hydrogens (tertiary/aromatic N) is 2. The van der Waals surface area contributed by atoms with Crippen LogP contribution in [0.25, 0.3) is 0 Å². The van der Waals surface area contributed by atoms with Gasteiger partial charge < -0.3 is 10.1 Å². The number of aromatic nitrogens is 1. The maximum Gasteiger partial charge on any atom is 0.378 e. The van der Waals surface area contributed by atoms with Crippen LogP contribution in [0, 0.1) is 10.1 Å². The van der Waals surface area contributed by atoms with Crippen molar-refractivity contribution in [2.75, 3.05) is 0 Å². The van der Waals surface area contributed by atoms with Crippen LogP contribution in [0.1, 0.15) is 5.69 Å². The van der Waals surface area contributed by atoms with Crippen molar-refractivity contribution in [3.05, 3.63) is 32.4 Å². The predicted octanol–water partition coefficient (Wildman–Crippen LogP) is 2.22. The zero-order valence-corrected chi connectivity index (χ0v) is 7.41. The van der Waals surface area contributed by atoms with E-state index in [2.05, 4.69) is 20.9 Å².